The molecule has 0 aliphatic carbocycles. The van der Waals surface area contributed by atoms with E-state index in [1.165, 1.54) is 0 Å². The predicted molar refractivity (Wildman–Crippen MR) is 120 cm³/mol. The molecule has 0 radical (unpaired) electrons. The van der Waals surface area contributed by atoms with E-state index >= 15 is 0 Å². The number of aliphatic hydroxyl groups excluding tert-OH is 1. The Morgan fingerprint density at radius 3 is 2.47 bits per heavy atom. The van der Waals surface area contributed by atoms with E-state index < -0.39 is 24.0 Å². The molecule has 1 aromatic carbocycles. The van der Waals surface area contributed by atoms with E-state index in [-0.39, 0.29) is 23.5 Å². The van der Waals surface area contributed by atoms with Gasteiger partial charge in [0.25, 0.3) is 5.91 Å². The molecular weight excluding hydrogens is 412 g/mol. The molecule has 0 aromatic heterocycles. The first kappa shape index (κ1) is 24.3. The van der Waals surface area contributed by atoms with Crippen molar-refractivity contribution in [1.29, 1.82) is 0 Å². The van der Waals surface area contributed by atoms with Crippen LogP contribution in [0.25, 0.3) is 0 Å². The number of benzene rings is 1. The summed E-state index contributed by atoms with van der Waals surface area (Å²) in [5, 5.41) is 25.9. The first-order chi connectivity index (χ1) is 14.9. The molecule has 32 heavy (non-hydrogen) atoms. The van der Waals surface area contributed by atoms with Gasteiger partial charge >= 0.3 is 0 Å². The lowest BCUT2D eigenvalue weighted by Gasteiger charge is -2.37. The predicted octanol–water partition coefficient (Wildman–Crippen LogP) is 2.16. The zero-order valence-corrected chi connectivity index (χ0v) is 19.9. The van der Waals surface area contributed by atoms with Crippen LogP contribution >= 0.6 is 0 Å². The molecule has 178 valence electrons. The summed E-state index contributed by atoms with van der Waals surface area (Å²) < 4.78 is 11.4. The fourth-order valence-electron chi connectivity index (χ4n) is 4.42. The molecule has 2 unspecified atom stereocenters. The number of phenolic OH excluding ortho intramolecular Hbond substituents is 1. The molecule has 8 nitrogen and oxygen atoms in total. The highest BCUT2D eigenvalue weighted by molar-refractivity contribution is 5.92. The van der Waals surface area contributed by atoms with Crippen LogP contribution in [0, 0.1) is 26.7 Å². The van der Waals surface area contributed by atoms with Crippen LogP contribution in [0.2, 0.25) is 0 Å². The summed E-state index contributed by atoms with van der Waals surface area (Å²) in [6.45, 7) is 11.6. The van der Waals surface area contributed by atoms with Gasteiger partial charge in [-0.1, -0.05) is 13.8 Å². The van der Waals surface area contributed by atoms with Crippen molar-refractivity contribution in [1.82, 2.24) is 10.6 Å². The zero-order valence-electron chi connectivity index (χ0n) is 19.9. The van der Waals surface area contributed by atoms with Crippen molar-refractivity contribution in [3.05, 3.63) is 22.3 Å². The number of carbonyl (C=O) groups is 2. The molecule has 3 rings (SSSR count). The van der Waals surface area contributed by atoms with Crippen LogP contribution in [0.15, 0.2) is 0 Å². The fourth-order valence-corrected chi connectivity index (χ4v) is 4.42. The molecule has 4 atom stereocenters. The second-order valence-electron chi connectivity index (χ2n) is 9.68. The van der Waals surface area contributed by atoms with Gasteiger partial charge in [-0.3, -0.25) is 9.59 Å². The molecular formula is C24H36N2O6. The average Bonchev–Trinajstić information content (AvgIpc) is 3.14. The van der Waals surface area contributed by atoms with Crippen molar-refractivity contribution in [2.45, 2.75) is 91.2 Å². The van der Waals surface area contributed by atoms with Crippen molar-refractivity contribution in [2.24, 2.45) is 5.92 Å². The van der Waals surface area contributed by atoms with Crippen LogP contribution < -0.4 is 15.4 Å². The highest BCUT2D eigenvalue weighted by Crippen LogP contribution is 2.43. The summed E-state index contributed by atoms with van der Waals surface area (Å²) in [4.78, 5) is 26.3. The third kappa shape index (κ3) is 4.71. The number of hydrogen-bond acceptors (Lipinski definition) is 6. The van der Waals surface area contributed by atoms with Gasteiger partial charge in [-0.2, -0.15) is 0 Å². The maximum Gasteiger partial charge on any atom is 0.264 e. The topological polar surface area (TPSA) is 117 Å². The summed E-state index contributed by atoms with van der Waals surface area (Å²) in [5.74, 6) is 0.388. The number of ether oxygens (including phenoxy) is 2. The van der Waals surface area contributed by atoms with E-state index in [0.29, 0.717) is 38.0 Å². The van der Waals surface area contributed by atoms with Crippen molar-refractivity contribution in [3.63, 3.8) is 0 Å². The zero-order chi connectivity index (χ0) is 23.8. The van der Waals surface area contributed by atoms with Gasteiger partial charge in [0.05, 0.1) is 12.6 Å². The van der Waals surface area contributed by atoms with Gasteiger partial charge in [-0.25, -0.2) is 0 Å². The first-order valence-electron chi connectivity index (χ1n) is 11.4. The molecule has 1 saturated heterocycles. The van der Waals surface area contributed by atoms with E-state index in [9.17, 15) is 19.8 Å². The summed E-state index contributed by atoms with van der Waals surface area (Å²) in [7, 11) is 0. The normalized spacial score (nSPS) is 25.8. The highest BCUT2D eigenvalue weighted by atomic mass is 16.6. The average molecular weight is 449 g/mol. The molecule has 2 heterocycles. The van der Waals surface area contributed by atoms with Crippen molar-refractivity contribution in [3.8, 4) is 11.5 Å². The minimum absolute atomic E-state index is 0.173. The van der Waals surface area contributed by atoms with E-state index in [1.54, 1.807) is 6.92 Å². The number of carbonyl (C=O) groups excluding carboxylic acids is 2. The molecule has 2 aliphatic heterocycles. The van der Waals surface area contributed by atoms with Crippen molar-refractivity contribution in [2.75, 3.05) is 6.61 Å². The Hall–Kier alpha value is -2.32. The number of phenols is 1. The third-order valence-corrected chi connectivity index (χ3v) is 6.72. The smallest absolute Gasteiger partial charge is 0.264 e. The number of hydrogen-bond donors (Lipinski definition) is 4. The lowest BCUT2D eigenvalue weighted by Crippen LogP contribution is -2.58. The number of amides is 2. The highest BCUT2D eigenvalue weighted by Gasteiger charge is 2.42. The molecule has 0 spiro atoms. The van der Waals surface area contributed by atoms with Crippen LogP contribution in [0.4, 0.5) is 0 Å². The number of aliphatic hydroxyl groups is 1. The number of aromatic hydroxyl groups is 1. The number of fused-ring (bicyclic) bond motifs is 1. The largest absolute Gasteiger partial charge is 0.507 e. The lowest BCUT2D eigenvalue weighted by atomic mass is 9.86. The summed E-state index contributed by atoms with van der Waals surface area (Å²) in [5.41, 5.74) is 2.11. The summed E-state index contributed by atoms with van der Waals surface area (Å²) in [6.07, 6.45) is 0.971. The quantitative estimate of drug-likeness (QED) is 0.530. The van der Waals surface area contributed by atoms with Crippen molar-refractivity contribution >= 4 is 11.8 Å². The minimum Gasteiger partial charge on any atom is -0.507 e. The summed E-state index contributed by atoms with van der Waals surface area (Å²) in [6, 6.07) is -1.23. The molecule has 2 amide bonds. The Labute approximate surface area is 189 Å². The lowest BCUT2D eigenvalue weighted by molar-refractivity contribution is -0.141. The van der Waals surface area contributed by atoms with Gasteiger partial charge in [0.2, 0.25) is 5.91 Å². The van der Waals surface area contributed by atoms with Gasteiger partial charge in [0, 0.05) is 12.0 Å². The molecule has 2 aliphatic rings. The Kier molecular flexibility index (Phi) is 7.05. The van der Waals surface area contributed by atoms with E-state index in [1.807, 2.05) is 34.6 Å². The van der Waals surface area contributed by atoms with Crippen LogP contribution in [0.3, 0.4) is 0 Å². The Balaban J connectivity index is 1.78. The van der Waals surface area contributed by atoms with Gasteiger partial charge in [-0.05, 0) is 69.6 Å². The third-order valence-electron chi connectivity index (χ3n) is 6.72. The first-order valence-corrected chi connectivity index (χ1v) is 11.4. The SMILES string of the molecule is Cc1c(C)c2c(c(C)c1O)CCC(C)(C(=O)N[C@@H](CC(C)C)C(=O)N[C@H]1CCOC1O)O2. The molecule has 1 aromatic rings. The molecule has 0 saturated carbocycles. The Morgan fingerprint density at radius 2 is 1.88 bits per heavy atom. The van der Waals surface area contributed by atoms with E-state index in [0.717, 1.165) is 22.3 Å². The maximum absolute atomic E-state index is 13.3. The minimum atomic E-state index is -1.14. The van der Waals surface area contributed by atoms with Gasteiger partial charge < -0.3 is 30.3 Å². The Bertz CT molecular complexity index is 899. The van der Waals surface area contributed by atoms with Gasteiger partial charge in [-0.15, -0.1) is 0 Å². The second-order valence-corrected chi connectivity index (χ2v) is 9.68. The van der Waals surface area contributed by atoms with Gasteiger partial charge in [0.15, 0.2) is 11.9 Å². The van der Waals surface area contributed by atoms with Crippen LogP contribution in [-0.4, -0.2) is 52.6 Å². The summed E-state index contributed by atoms with van der Waals surface area (Å²) >= 11 is 0. The Morgan fingerprint density at radius 1 is 1.19 bits per heavy atom. The van der Waals surface area contributed by atoms with Gasteiger partial charge in [0.1, 0.15) is 17.5 Å². The van der Waals surface area contributed by atoms with Crippen LogP contribution in [0.5, 0.6) is 11.5 Å². The van der Waals surface area contributed by atoms with E-state index in [2.05, 4.69) is 10.6 Å². The molecule has 8 heteroatoms. The molecule has 4 N–H and O–H groups in total. The fraction of sp³-hybridized carbons (Fsp3) is 0.667. The molecule has 1 fully saturated rings. The second kappa shape index (κ2) is 9.27. The maximum atomic E-state index is 13.3. The van der Waals surface area contributed by atoms with Crippen LogP contribution in [0.1, 0.15) is 62.3 Å². The van der Waals surface area contributed by atoms with Crippen molar-refractivity contribution < 1.29 is 29.3 Å². The van der Waals surface area contributed by atoms with Crippen LogP contribution in [-0.2, 0) is 20.7 Å². The standard InChI is InChI=1S/C24H36N2O6/c1-12(2)11-18(21(28)25-17-8-10-31-22(17)29)26-23(30)24(6)9-7-16-15(5)19(27)13(3)14(4)20(16)32-24/h12,17-18,22,27,29H,7-11H2,1-6H3,(H,25,28)(H,26,30)/t17-,18-,22?,24?/m0/s1. The number of nitrogens with one attached hydrogen (secondary N) is 2. The molecule has 0 bridgehead atoms. The number of rotatable bonds is 6. The van der Waals surface area contributed by atoms with E-state index in [4.69, 9.17) is 9.47 Å². The monoisotopic (exact) mass is 448 g/mol.